The molecule has 2 rings (SSSR count). The number of benzene rings is 1. The van der Waals surface area contributed by atoms with Crippen LogP contribution in [0.25, 0.3) is 0 Å². The molecule has 1 fully saturated rings. The predicted molar refractivity (Wildman–Crippen MR) is 104 cm³/mol. The highest BCUT2D eigenvalue weighted by Crippen LogP contribution is 2.28. The third kappa shape index (κ3) is 6.75. The number of nitrogens with zero attached hydrogens (tertiary/aromatic N) is 1. The van der Waals surface area contributed by atoms with Crippen LogP contribution in [0, 0.1) is 5.92 Å². The minimum atomic E-state index is -0.209. The summed E-state index contributed by atoms with van der Waals surface area (Å²) in [5.74, 6) is 1.20. The van der Waals surface area contributed by atoms with E-state index in [0.29, 0.717) is 35.5 Å². The van der Waals surface area contributed by atoms with Gasteiger partial charge in [0.25, 0.3) is 0 Å². The Hall–Kier alpha value is -1.46. The molecule has 0 aliphatic carbocycles. The van der Waals surface area contributed by atoms with Crippen LogP contribution in [0.3, 0.4) is 0 Å². The zero-order valence-electron chi connectivity index (χ0n) is 15.3. The highest BCUT2D eigenvalue weighted by atomic mass is 35.5. The first-order valence-corrected chi connectivity index (χ1v) is 9.69. The fourth-order valence-electron chi connectivity index (χ4n) is 3.07. The summed E-state index contributed by atoms with van der Waals surface area (Å²) in [5, 5.41) is 6.41. The van der Waals surface area contributed by atoms with Crippen LogP contribution in [0.15, 0.2) is 18.2 Å². The van der Waals surface area contributed by atoms with Crippen LogP contribution >= 0.6 is 11.6 Å². The number of amides is 2. The Bertz CT molecular complexity index is 545. The second kappa shape index (κ2) is 10.5. The van der Waals surface area contributed by atoms with Crippen LogP contribution in [0.5, 0.6) is 5.75 Å². The van der Waals surface area contributed by atoms with Crippen molar-refractivity contribution in [2.24, 2.45) is 5.92 Å². The number of urea groups is 1. The first kappa shape index (κ1) is 19.9. The molecule has 1 aromatic carbocycles. The van der Waals surface area contributed by atoms with Gasteiger partial charge < -0.3 is 20.3 Å². The zero-order valence-corrected chi connectivity index (χ0v) is 16.1. The molecule has 25 heavy (non-hydrogen) atoms. The number of halogens is 1. The number of rotatable bonds is 8. The number of hydrogen-bond donors (Lipinski definition) is 2. The molecule has 0 radical (unpaired) electrons. The average Bonchev–Trinajstić information content (AvgIpc) is 2.61. The number of anilines is 1. The van der Waals surface area contributed by atoms with Gasteiger partial charge in [-0.3, -0.25) is 0 Å². The number of ether oxygens (including phenoxy) is 1. The van der Waals surface area contributed by atoms with Crippen molar-refractivity contribution in [1.29, 1.82) is 0 Å². The van der Waals surface area contributed by atoms with E-state index in [1.165, 1.54) is 13.0 Å². The van der Waals surface area contributed by atoms with Gasteiger partial charge in [0.1, 0.15) is 5.75 Å². The fraction of sp³-hybridized carbons (Fsp3) is 0.632. The largest absolute Gasteiger partial charge is 0.491 e. The minimum Gasteiger partial charge on any atom is -0.491 e. The monoisotopic (exact) mass is 367 g/mol. The maximum atomic E-state index is 12.2. The molecule has 2 amide bonds. The zero-order chi connectivity index (χ0) is 18.1. The number of hydrogen-bond acceptors (Lipinski definition) is 3. The van der Waals surface area contributed by atoms with Gasteiger partial charge in [-0.1, -0.05) is 25.4 Å². The molecular weight excluding hydrogens is 338 g/mol. The lowest BCUT2D eigenvalue weighted by molar-refractivity contribution is 0.182. The second-order valence-electron chi connectivity index (χ2n) is 6.61. The molecule has 1 aromatic rings. The molecule has 5 nitrogen and oxygen atoms in total. The molecular formula is C19H30ClN3O2. The first-order chi connectivity index (χ1) is 12.1. The summed E-state index contributed by atoms with van der Waals surface area (Å²) in [7, 11) is 0. The van der Waals surface area contributed by atoms with Crippen LogP contribution in [0.4, 0.5) is 10.5 Å². The van der Waals surface area contributed by atoms with Crippen molar-refractivity contribution in [3.63, 3.8) is 0 Å². The maximum Gasteiger partial charge on any atom is 0.319 e. The Balaban J connectivity index is 1.79. The molecule has 1 aliphatic heterocycles. The molecule has 0 atom stereocenters. The van der Waals surface area contributed by atoms with Crippen molar-refractivity contribution in [1.82, 2.24) is 10.2 Å². The quantitative estimate of drug-likeness (QED) is 0.717. The summed E-state index contributed by atoms with van der Waals surface area (Å²) >= 11 is 6.04. The van der Waals surface area contributed by atoms with E-state index in [1.54, 1.807) is 18.2 Å². The molecule has 0 spiro atoms. The van der Waals surface area contributed by atoms with Crippen molar-refractivity contribution in [3.05, 3.63) is 23.2 Å². The molecule has 1 aliphatic rings. The fourth-order valence-corrected chi connectivity index (χ4v) is 3.24. The summed E-state index contributed by atoms with van der Waals surface area (Å²) in [6.45, 7) is 9.01. The highest BCUT2D eigenvalue weighted by molar-refractivity contribution is 6.31. The third-order valence-electron chi connectivity index (χ3n) is 4.45. The normalized spacial score (nSPS) is 15.8. The topological polar surface area (TPSA) is 53.6 Å². The summed E-state index contributed by atoms with van der Waals surface area (Å²) < 4.78 is 5.66. The Kier molecular flexibility index (Phi) is 8.35. The molecule has 6 heteroatoms. The molecule has 1 saturated heterocycles. The lowest BCUT2D eigenvalue weighted by Gasteiger charge is -2.31. The standard InChI is InChI=1S/C19H30ClN3O2/c1-3-9-23-10-7-15(8-11-23)14-21-19(24)22-17-13-16(20)5-6-18(17)25-12-4-2/h5-6,13,15H,3-4,7-12,14H2,1-2H3,(H2,21,22,24). The van der Waals surface area contributed by atoms with E-state index < -0.39 is 0 Å². The van der Waals surface area contributed by atoms with Crippen molar-refractivity contribution < 1.29 is 9.53 Å². The second-order valence-corrected chi connectivity index (χ2v) is 7.05. The summed E-state index contributed by atoms with van der Waals surface area (Å²) in [6.07, 6.45) is 4.39. The smallest absolute Gasteiger partial charge is 0.319 e. The lowest BCUT2D eigenvalue weighted by Crippen LogP contribution is -2.40. The molecule has 0 unspecified atom stereocenters. The van der Waals surface area contributed by atoms with Gasteiger partial charge in [-0.2, -0.15) is 0 Å². The Morgan fingerprint density at radius 2 is 2.04 bits per heavy atom. The molecule has 0 bridgehead atoms. The minimum absolute atomic E-state index is 0.209. The highest BCUT2D eigenvalue weighted by Gasteiger charge is 2.19. The molecule has 2 N–H and O–H groups in total. The van der Waals surface area contributed by atoms with E-state index in [9.17, 15) is 4.79 Å². The summed E-state index contributed by atoms with van der Waals surface area (Å²) in [4.78, 5) is 14.7. The van der Waals surface area contributed by atoms with Crippen molar-refractivity contribution >= 4 is 23.3 Å². The molecule has 140 valence electrons. The van der Waals surface area contributed by atoms with Crippen molar-refractivity contribution in [2.45, 2.75) is 39.5 Å². The van der Waals surface area contributed by atoms with E-state index in [2.05, 4.69) is 22.5 Å². The number of likely N-dealkylation sites (tertiary alicyclic amines) is 1. The maximum absolute atomic E-state index is 12.2. The van der Waals surface area contributed by atoms with E-state index in [-0.39, 0.29) is 6.03 Å². The average molecular weight is 368 g/mol. The van der Waals surface area contributed by atoms with Gasteiger partial charge in [0, 0.05) is 11.6 Å². The van der Waals surface area contributed by atoms with E-state index in [1.807, 2.05) is 6.92 Å². The van der Waals surface area contributed by atoms with Crippen molar-refractivity contribution in [3.8, 4) is 5.75 Å². The molecule has 1 heterocycles. The first-order valence-electron chi connectivity index (χ1n) is 9.32. The van der Waals surface area contributed by atoms with Gasteiger partial charge in [-0.15, -0.1) is 0 Å². The van der Waals surface area contributed by atoms with Crippen LogP contribution in [-0.2, 0) is 0 Å². The lowest BCUT2D eigenvalue weighted by atomic mass is 9.97. The van der Waals surface area contributed by atoms with Gasteiger partial charge in [0.05, 0.1) is 12.3 Å². The number of carbonyl (C=O) groups is 1. The van der Waals surface area contributed by atoms with Crippen LogP contribution in [0.1, 0.15) is 39.5 Å². The van der Waals surface area contributed by atoms with Crippen LogP contribution in [-0.4, -0.2) is 43.7 Å². The van der Waals surface area contributed by atoms with Gasteiger partial charge in [0.2, 0.25) is 0 Å². The van der Waals surface area contributed by atoms with Gasteiger partial charge in [-0.25, -0.2) is 4.79 Å². The predicted octanol–water partition coefficient (Wildman–Crippen LogP) is 4.37. The van der Waals surface area contributed by atoms with Gasteiger partial charge in [0.15, 0.2) is 0 Å². The summed E-state index contributed by atoms with van der Waals surface area (Å²) in [5.41, 5.74) is 0.608. The Morgan fingerprint density at radius 3 is 2.72 bits per heavy atom. The molecule has 0 aromatic heterocycles. The van der Waals surface area contributed by atoms with E-state index in [4.69, 9.17) is 16.3 Å². The van der Waals surface area contributed by atoms with Crippen LogP contribution < -0.4 is 15.4 Å². The van der Waals surface area contributed by atoms with E-state index >= 15 is 0 Å². The Morgan fingerprint density at radius 1 is 1.28 bits per heavy atom. The van der Waals surface area contributed by atoms with Gasteiger partial charge >= 0.3 is 6.03 Å². The Labute approximate surface area is 156 Å². The third-order valence-corrected chi connectivity index (χ3v) is 4.68. The summed E-state index contributed by atoms with van der Waals surface area (Å²) in [6, 6.07) is 5.06. The van der Waals surface area contributed by atoms with Crippen LogP contribution in [0.2, 0.25) is 5.02 Å². The van der Waals surface area contributed by atoms with E-state index in [0.717, 1.165) is 32.4 Å². The molecule has 0 saturated carbocycles. The number of nitrogens with one attached hydrogen (secondary N) is 2. The van der Waals surface area contributed by atoms with Crippen molar-refractivity contribution in [2.75, 3.05) is 38.1 Å². The number of carbonyl (C=O) groups excluding carboxylic acids is 1. The van der Waals surface area contributed by atoms with Gasteiger partial charge in [-0.05, 0) is 69.4 Å². The number of piperidine rings is 1. The SMILES string of the molecule is CCCOc1ccc(Cl)cc1NC(=O)NCC1CCN(CCC)CC1.